The van der Waals surface area contributed by atoms with E-state index in [0.29, 0.717) is 5.91 Å². The van der Waals surface area contributed by atoms with Crippen LogP contribution in [0.2, 0.25) is 0 Å². The van der Waals surface area contributed by atoms with Gasteiger partial charge in [-0.15, -0.1) is 0 Å². The van der Waals surface area contributed by atoms with Crippen molar-refractivity contribution >= 4 is 12.0 Å². The summed E-state index contributed by atoms with van der Waals surface area (Å²) in [5, 5.41) is 0. The van der Waals surface area contributed by atoms with Gasteiger partial charge in [-0.3, -0.25) is 4.79 Å². The minimum Gasteiger partial charge on any atom is -0.343 e. The first-order valence-electron chi connectivity index (χ1n) is 8.58. The van der Waals surface area contributed by atoms with Gasteiger partial charge in [0, 0.05) is 13.1 Å². The summed E-state index contributed by atoms with van der Waals surface area (Å²) in [6.45, 7) is 8.96. The van der Waals surface area contributed by atoms with Gasteiger partial charge in [-0.1, -0.05) is 36.4 Å². The van der Waals surface area contributed by atoms with Gasteiger partial charge in [0.05, 0.1) is 25.6 Å². The molecule has 3 heteroatoms. The quantitative estimate of drug-likeness (QED) is 0.852. The lowest BCUT2D eigenvalue weighted by molar-refractivity contribution is -0.901. The molecule has 0 spiro atoms. The molecule has 1 unspecified atom stereocenters. The normalized spacial score (nSPS) is 21.9. The predicted molar refractivity (Wildman–Crippen MR) is 91.7 cm³/mol. The number of benzene rings is 1. The van der Waals surface area contributed by atoms with E-state index in [1.807, 2.05) is 11.0 Å². The predicted octanol–water partition coefficient (Wildman–Crippen LogP) is 1.86. The third-order valence-electron chi connectivity index (χ3n) is 4.56. The number of nitrogens with one attached hydrogen (secondary N) is 1. The van der Waals surface area contributed by atoms with Gasteiger partial charge in [0.1, 0.15) is 0 Å². The van der Waals surface area contributed by atoms with Crippen molar-refractivity contribution in [3.05, 3.63) is 42.0 Å². The summed E-state index contributed by atoms with van der Waals surface area (Å²) in [5.74, 6) is 0.572. The highest BCUT2D eigenvalue weighted by Crippen LogP contribution is 2.11. The first-order valence-corrected chi connectivity index (χ1v) is 8.58. The van der Waals surface area contributed by atoms with Crippen molar-refractivity contribution in [1.82, 2.24) is 4.90 Å². The number of rotatable bonds is 6. The minimum atomic E-state index is 0.216. The molecule has 22 heavy (non-hydrogen) atoms. The van der Waals surface area contributed by atoms with E-state index in [1.165, 1.54) is 17.0 Å². The Balaban J connectivity index is 1.85. The molecule has 1 aliphatic rings. The van der Waals surface area contributed by atoms with Crippen LogP contribution in [0.15, 0.2) is 36.4 Å². The van der Waals surface area contributed by atoms with E-state index in [9.17, 15) is 4.79 Å². The molecule has 0 bridgehead atoms. The van der Waals surface area contributed by atoms with Gasteiger partial charge >= 0.3 is 0 Å². The summed E-state index contributed by atoms with van der Waals surface area (Å²) in [6, 6.07) is 10.4. The number of hydrogen-bond donors (Lipinski definition) is 1. The number of carbonyl (C=O) groups excluding carboxylic acids is 1. The molecule has 0 aliphatic carbocycles. The van der Waals surface area contributed by atoms with Crippen molar-refractivity contribution in [2.75, 3.05) is 32.7 Å². The van der Waals surface area contributed by atoms with Crippen LogP contribution in [0.1, 0.15) is 32.3 Å². The lowest BCUT2D eigenvalue weighted by Gasteiger charge is -2.31. The molecule has 0 saturated carbocycles. The van der Waals surface area contributed by atoms with Gasteiger partial charge in [0.2, 0.25) is 5.91 Å². The lowest BCUT2D eigenvalue weighted by atomic mass is 9.96. The number of amides is 1. The standard InChI is InChI=1S/C19H28N2O/c1-3-21(4-2)19(22)18-13-9-15-20(16-18)14-8-12-17-10-6-5-7-11-17/h5-8,10-12,18H,3-4,9,13-16H2,1-2H3/p+1/b12-8+/t18-/m1/s1. The van der Waals surface area contributed by atoms with E-state index < -0.39 is 0 Å². The van der Waals surface area contributed by atoms with Crippen LogP contribution in [0.3, 0.4) is 0 Å². The van der Waals surface area contributed by atoms with Crippen LogP contribution in [0, 0.1) is 5.92 Å². The van der Waals surface area contributed by atoms with Crippen molar-refractivity contribution in [3.63, 3.8) is 0 Å². The third-order valence-corrected chi connectivity index (χ3v) is 4.56. The largest absolute Gasteiger partial charge is 0.343 e. The van der Waals surface area contributed by atoms with E-state index in [-0.39, 0.29) is 5.92 Å². The molecule has 2 rings (SSSR count). The molecule has 1 heterocycles. The minimum absolute atomic E-state index is 0.216. The van der Waals surface area contributed by atoms with Crippen LogP contribution in [0.4, 0.5) is 0 Å². The molecule has 3 nitrogen and oxygen atoms in total. The fraction of sp³-hybridized carbons (Fsp3) is 0.526. The van der Waals surface area contributed by atoms with E-state index >= 15 is 0 Å². The average molecular weight is 301 g/mol. The van der Waals surface area contributed by atoms with E-state index in [0.717, 1.165) is 39.0 Å². The Bertz CT molecular complexity index is 479. The van der Waals surface area contributed by atoms with Crippen LogP contribution in [0.25, 0.3) is 6.08 Å². The van der Waals surface area contributed by atoms with E-state index in [1.54, 1.807) is 0 Å². The van der Waals surface area contributed by atoms with Crippen LogP contribution >= 0.6 is 0 Å². The van der Waals surface area contributed by atoms with Gasteiger partial charge in [-0.05, 0) is 38.3 Å². The second kappa shape index (κ2) is 8.74. The zero-order chi connectivity index (χ0) is 15.8. The van der Waals surface area contributed by atoms with Crippen molar-refractivity contribution in [2.45, 2.75) is 26.7 Å². The molecule has 1 aliphatic heterocycles. The maximum atomic E-state index is 12.5. The number of quaternary nitrogens is 1. The topological polar surface area (TPSA) is 24.8 Å². The average Bonchev–Trinajstić information content (AvgIpc) is 2.57. The first kappa shape index (κ1) is 16.8. The van der Waals surface area contributed by atoms with Crippen molar-refractivity contribution in [2.24, 2.45) is 5.92 Å². The van der Waals surface area contributed by atoms with Gasteiger partial charge in [0.25, 0.3) is 0 Å². The summed E-state index contributed by atoms with van der Waals surface area (Å²) >= 11 is 0. The van der Waals surface area contributed by atoms with Gasteiger partial charge < -0.3 is 9.80 Å². The van der Waals surface area contributed by atoms with Crippen LogP contribution in [0.5, 0.6) is 0 Å². The van der Waals surface area contributed by atoms with E-state index in [4.69, 9.17) is 0 Å². The molecule has 1 aromatic rings. The summed E-state index contributed by atoms with van der Waals surface area (Å²) in [5.41, 5.74) is 1.25. The Morgan fingerprint density at radius 3 is 2.68 bits per heavy atom. The van der Waals surface area contributed by atoms with Crippen LogP contribution in [-0.4, -0.2) is 43.5 Å². The van der Waals surface area contributed by atoms with E-state index in [2.05, 4.69) is 50.3 Å². The number of carbonyl (C=O) groups is 1. The van der Waals surface area contributed by atoms with Gasteiger partial charge in [-0.2, -0.15) is 0 Å². The Labute approximate surface area is 134 Å². The van der Waals surface area contributed by atoms with Crippen LogP contribution in [-0.2, 0) is 4.79 Å². The third kappa shape index (κ3) is 4.70. The zero-order valence-corrected chi connectivity index (χ0v) is 13.9. The molecular weight excluding hydrogens is 272 g/mol. The maximum Gasteiger partial charge on any atom is 0.231 e. The Morgan fingerprint density at radius 1 is 1.27 bits per heavy atom. The number of piperidine rings is 1. The van der Waals surface area contributed by atoms with Crippen LogP contribution < -0.4 is 4.90 Å². The number of nitrogens with zero attached hydrogens (tertiary/aromatic N) is 1. The zero-order valence-electron chi connectivity index (χ0n) is 13.9. The fourth-order valence-corrected chi connectivity index (χ4v) is 3.27. The highest BCUT2D eigenvalue weighted by Gasteiger charge is 2.30. The smallest absolute Gasteiger partial charge is 0.231 e. The number of likely N-dealkylation sites (tertiary alicyclic amines) is 1. The Morgan fingerprint density at radius 2 is 2.00 bits per heavy atom. The highest BCUT2D eigenvalue weighted by atomic mass is 16.2. The SMILES string of the molecule is CCN(CC)C(=O)[C@@H]1CCC[NH+](C/C=C/c2ccccc2)C1. The molecule has 0 aromatic heterocycles. The molecule has 1 fully saturated rings. The first-order chi connectivity index (χ1) is 10.7. The molecule has 1 aromatic carbocycles. The lowest BCUT2D eigenvalue weighted by Crippen LogP contribution is -3.13. The molecule has 0 radical (unpaired) electrons. The number of hydrogen-bond acceptors (Lipinski definition) is 1. The summed E-state index contributed by atoms with van der Waals surface area (Å²) in [4.78, 5) is 16.0. The monoisotopic (exact) mass is 301 g/mol. The summed E-state index contributed by atoms with van der Waals surface area (Å²) in [6.07, 6.45) is 6.64. The Kier molecular flexibility index (Phi) is 6.66. The maximum absolute atomic E-state index is 12.5. The Hall–Kier alpha value is -1.61. The van der Waals surface area contributed by atoms with Crippen molar-refractivity contribution < 1.29 is 9.69 Å². The molecule has 1 N–H and O–H groups in total. The second-order valence-corrected chi connectivity index (χ2v) is 6.07. The summed E-state index contributed by atoms with van der Waals surface area (Å²) < 4.78 is 0. The molecule has 1 amide bonds. The highest BCUT2D eigenvalue weighted by molar-refractivity contribution is 5.78. The second-order valence-electron chi connectivity index (χ2n) is 6.07. The molecule has 2 atom stereocenters. The summed E-state index contributed by atoms with van der Waals surface area (Å²) in [7, 11) is 0. The molecular formula is C19H29N2O+. The molecule has 120 valence electrons. The fourth-order valence-electron chi connectivity index (χ4n) is 3.27. The van der Waals surface area contributed by atoms with Gasteiger partial charge in [0.15, 0.2) is 0 Å². The van der Waals surface area contributed by atoms with Crippen molar-refractivity contribution in [1.29, 1.82) is 0 Å². The van der Waals surface area contributed by atoms with Gasteiger partial charge in [-0.25, -0.2) is 0 Å². The van der Waals surface area contributed by atoms with Crippen molar-refractivity contribution in [3.8, 4) is 0 Å². The molecule has 1 saturated heterocycles.